The Hall–Kier alpha value is -1.40. The average Bonchev–Trinajstić information content (AvgIpc) is 2.77. The van der Waals surface area contributed by atoms with Crippen molar-refractivity contribution in [1.29, 1.82) is 0 Å². The summed E-state index contributed by atoms with van der Waals surface area (Å²) in [5.74, 6) is -1.29. The van der Waals surface area contributed by atoms with Gasteiger partial charge < -0.3 is 5.11 Å². The van der Waals surface area contributed by atoms with Crippen LogP contribution in [0.15, 0.2) is 29.2 Å². The van der Waals surface area contributed by atoms with E-state index in [4.69, 9.17) is 5.11 Å². The van der Waals surface area contributed by atoms with Crippen molar-refractivity contribution in [2.75, 3.05) is 0 Å². The van der Waals surface area contributed by atoms with Crippen molar-refractivity contribution in [2.45, 2.75) is 37.1 Å². The van der Waals surface area contributed by atoms with E-state index in [2.05, 4.69) is 4.72 Å². The van der Waals surface area contributed by atoms with Crippen LogP contribution in [0.3, 0.4) is 0 Å². The van der Waals surface area contributed by atoms with Gasteiger partial charge in [0, 0.05) is 6.04 Å². The maximum absolute atomic E-state index is 12.2. The molecular formula is C13H17NO4S. The van der Waals surface area contributed by atoms with Crippen LogP contribution in [0, 0.1) is 12.8 Å². The summed E-state index contributed by atoms with van der Waals surface area (Å²) in [5, 5.41) is 8.91. The van der Waals surface area contributed by atoms with Gasteiger partial charge in [-0.25, -0.2) is 13.1 Å². The second-order valence-electron chi connectivity index (χ2n) is 4.98. The second-order valence-corrected chi connectivity index (χ2v) is 6.70. The Morgan fingerprint density at radius 2 is 2.11 bits per heavy atom. The molecule has 1 aromatic rings. The first-order chi connectivity index (χ1) is 8.88. The molecular weight excluding hydrogens is 266 g/mol. The molecule has 0 aliphatic heterocycles. The molecule has 0 amide bonds. The van der Waals surface area contributed by atoms with Crippen LogP contribution in [0.5, 0.6) is 0 Å². The number of hydrogen-bond donors (Lipinski definition) is 2. The van der Waals surface area contributed by atoms with Gasteiger partial charge in [-0.05, 0) is 43.9 Å². The molecule has 19 heavy (non-hydrogen) atoms. The van der Waals surface area contributed by atoms with Crippen molar-refractivity contribution in [3.05, 3.63) is 29.8 Å². The summed E-state index contributed by atoms with van der Waals surface area (Å²) in [4.78, 5) is 11.1. The highest BCUT2D eigenvalue weighted by atomic mass is 32.2. The lowest BCUT2D eigenvalue weighted by Crippen LogP contribution is -2.33. The molecule has 1 aliphatic carbocycles. The van der Waals surface area contributed by atoms with E-state index in [-0.39, 0.29) is 10.9 Å². The number of aryl methyl sites for hydroxylation is 1. The van der Waals surface area contributed by atoms with Crippen LogP contribution >= 0.6 is 0 Å². The van der Waals surface area contributed by atoms with E-state index in [1.54, 1.807) is 18.2 Å². The fourth-order valence-electron chi connectivity index (χ4n) is 2.38. The monoisotopic (exact) mass is 283 g/mol. The molecule has 2 unspecified atom stereocenters. The molecule has 0 heterocycles. The van der Waals surface area contributed by atoms with E-state index in [0.717, 1.165) is 5.56 Å². The van der Waals surface area contributed by atoms with Gasteiger partial charge >= 0.3 is 5.97 Å². The highest BCUT2D eigenvalue weighted by molar-refractivity contribution is 7.89. The van der Waals surface area contributed by atoms with E-state index in [1.807, 2.05) is 13.0 Å². The highest BCUT2D eigenvalue weighted by Gasteiger charge is 2.32. The Balaban J connectivity index is 2.09. The van der Waals surface area contributed by atoms with Crippen LogP contribution in [0.4, 0.5) is 0 Å². The minimum absolute atomic E-state index is 0.228. The number of rotatable bonds is 4. The van der Waals surface area contributed by atoms with E-state index < -0.39 is 21.9 Å². The Morgan fingerprint density at radius 1 is 1.37 bits per heavy atom. The van der Waals surface area contributed by atoms with Crippen molar-refractivity contribution in [2.24, 2.45) is 5.92 Å². The minimum Gasteiger partial charge on any atom is -0.481 e. The van der Waals surface area contributed by atoms with Gasteiger partial charge in [-0.2, -0.15) is 0 Å². The molecule has 2 rings (SSSR count). The first kappa shape index (κ1) is 14.0. The van der Waals surface area contributed by atoms with Crippen molar-refractivity contribution < 1.29 is 18.3 Å². The lowest BCUT2D eigenvalue weighted by molar-refractivity contribution is -0.141. The zero-order valence-electron chi connectivity index (χ0n) is 10.7. The smallest absolute Gasteiger partial charge is 0.306 e. The molecule has 1 fully saturated rings. The fourth-order valence-corrected chi connectivity index (χ4v) is 3.77. The predicted molar refractivity (Wildman–Crippen MR) is 70.3 cm³/mol. The first-order valence-corrected chi connectivity index (χ1v) is 7.68. The molecule has 0 radical (unpaired) electrons. The number of nitrogens with one attached hydrogen (secondary N) is 1. The Morgan fingerprint density at radius 3 is 2.68 bits per heavy atom. The summed E-state index contributed by atoms with van der Waals surface area (Å²) in [6.45, 7) is 1.83. The maximum Gasteiger partial charge on any atom is 0.306 e. The standard InChI is InChI=1S/C13H17NO4S/c1-9-3-2-4-12(7-9)19(17,18)14-11-6-5-10(8-11)13(15)16/h2-4,7,10-11,14H,5-6,8H2,1H3,(H,15,16). The number of carboxylic acids is 1. The molecule has 5 nitrogen and oxygen atoms in total. The molecule has 0 spiro atoms. The fraction of sp³-hybridized carbons (Fsp3) is 0.462. The van der Waals surface area contributed by atoms with E-state index in [1.165, 1.54) is 0 Å². The number of carbonyl (C=O) groups is 1. The zero-order chi connectivity index (χ0) is 14.0. The van der Waals surface area contributed by atoms with Crippen LogP contribution in [-0.2, 0) is 14.8 Å². The molecule has 1 saturated carbocycles. The summed E-state index contributed by atoms with van der Waals surface area (Å²) in [7, 11) is -3.56. The first-order valence-electron chi connectivity index (χ1n) is 6.20. The Bertz CT molecular complexity index is 582. The van der Waals surface area contributed by atoms with Gasteiger partial charge in [-0.15, -0.1) is 0 Å². The normalized spacial score (nSPS) is 23.4. The molecule has 0 saturated heterocycles. The molecule has 104 valence electrons. The zero-order valence-corrected chi connectivity index (χ0v) is 11.5. The highest BCUT2D eigenvalue weighted by Crippen LogP contribution is 2.27. The maximum atomic E-state index is 12.2. The van der Waals surface area contributed by atoms with Crippen molar-refractivity contribution >= 4 is 16.0 Å². The Labute approximate surface area is 112 Å². The molecule has 2 atom stereocenters. The van der Waals surface area contributed by atoms with Crippen LogP contribution < -0.4 is 4.72 Å². The van der Waals surface area contributed by atoms with Gasteiger partial charge in [-0.1, -0.05) is 12.1 Å². The van der Waals surface area contributed by atoms with Crippen molar-refractivity contribution in [1.82, 2.24) is 4.72 Å². The van der Waals surface area contributed by atoms with Crippen LogP contribution in [-0.4, -0.2) is 25.5 Å². The molecule has 2 N–H and O–H groups in total. The van der Waals surface area contributed by atoms with E-state index in [9.17, 15) is 13.2 Å². The SMILES string of the molecule is Cc1cccc(S(=O)(=O)NC2CCC(C(=O)O)C2)c1. The van der Waals surface area contributed by atoms with Gasteiger partial charge in [0.15, 0.2) is 0 Å². The lowest BCUT2D eigenvalue weighted by Gasteiger charge is -2.13. The molecule has 0 aromatic heterocycles. The second kappa shape index (κ2) is 5.30. The third-order valence-electron chi connectivity index (χ3n) is 3.40. The summed E-state index contributed by atoms with van der Waals surface area (Å²) in [5.41, 5.74) is 0.873. The van der Waals surface area contributed by atoms with Crippen LogP contribution in [0.1, 0.15) is 24.8 Å². The van der Waals surface area contributed by atoms with Crippen LogP contribution in [0.25, 0.3) is 0 Å². The molecule has 6 heteroatoms. The minimum atomic E-state index is -3.56. The number of hydrogen-bond acceptors (Lipinski definition) is 3. The van der Waals surface area contributed by atoms with Gasteiger partial charge in [0.05, 0.1) is 10.8 Å². The summed E-state index contributed by atoms with van der Waals surface area (Å²) in [6.07, 6.45) is 1.46. The van der Waals surface area contributed by atoms with Crippen molar-refractivity contribution in [3.63, 3.8) is 0 Å². The number of sulfonamides is 1. The van der Waals surface area contributed by atoms with Gasteiger partial charge in [0.2, 0.25) is 10.0 Å². The largest absolute Gasteiger partial charge is 0.481 e. The Kier molecular flexibility index (Phi) is 3.91. The summed E-state index contributed by atoms with van der Waals surface area (Å²) in [6, 6.07) is 6.38. The number of carboxylic acid groups (broad SMARTS) is 1. The predicted octanol–water partition coefficient (Wildman–Crippen LogP) is 1.53. The number of benzene rings is 1. The number of aliphatic carboxylic acids is 1. The van der Waals surface area contributed by atoms with Crippen LogP contribution in [0.2, 0.25) is 0 Å². The molecule has 0 bridgehead atoms. The lowest BCUT2D eigenvalue weighted by atomic mass is 10.1. The third kappa shape index (κ3) is 3.33. The topological polar surface area (TPSA) is 83.5 Å². The molecule has 1 aromatic carbocycles. The molecule has 1 aliphatic rings. The summed E-state index contributed by atoms with van der Waals surface area (Å²) < 4.78 is 26.9. The third-order valence-corrected chi connectivity index (χ3v) is 4.92. The quantitative estimate of drug-likeness (QED) is 0.877. The van der Waals surface area contributed by atoms with E-state index in [0.29, 0.717) is 19.3 Å². The van der Waals surface area contributed by atoms with Gasteiger partial charge in [0.25, 0.3) is 0 Å². The van der Waals surface area contributed by atoms with Crippen molar-refractivity contribution in [3.8, 4) is 0 Å². The average molecular weight is 283 g/mol. The van der Waals surface area contributed by atoms with E-state index >= 15 is 0 Å². The summed E-state index contributed by atoms with van der Waals surface area (Å²) >= 11 is 0. The van der Waals surface area contributed by atoms with Gasteiger partial charge in [-0.3, -0.25) is 4.79 Å². The van der Waals surface area contributed by atoms with Gasteiger partial charge in [0.1, 0.15) is 0 Å².